The van der Waals surface area contributed by atoms with E-state index in [-0.39, 0.29) is 0 Å². The average molecular weight is 166 g/mol. The van der Waals surface area contributed by atoms with Crippen LogP contribution >= 0.6 is 0 Å². The van der Waals surface area contributed by atoms with Crippen LogP contribution in [0.3, 0.4) is 0 Å². The molecule has 4 heteroatoms. The van der Waals surface area contributed by atoms with Crippen LogP contribution in [0.1, 0.15) is 10.4 Å². The van der Waals surface area contributed by atoms with Gasteiger partial charge in [-0.3, -0.25) is 0 Å². The number of hydrogen-bond acceptors (Lipinski definition) is 3. The van der Waals surface area contributed by atoms with Gasteiger partial charge in [-0.1, -0.05) is 18.2 Å². The van der Waals surface area contributed by atoms with Gasteiger partial charge in [-0.15, -0.1) is 0 Å². The van der Waals surface area contributed by atoms with Crippen LogP contribution in [0.5, 0.6) is 0 Å². The Kier molecular flexibility index (Phi) is 2.82. The van der Waals surface area contributed by atoms with Crippen LogP contribution in [-0.2, 0) is 4.43 Å². The van der Waals surface area contributed by atoms with E-state index >= 15 is 0 Å². The van der Waals surface area contributed by atoms with E-state index in [2.05, 4.69) is 4.43 Å². The van der Waals surface area contributed by atoms with Crippen molar-refractivity contribution in [2.45, 2.75) is 0 Å². The fraction of sp³-hybridized carbons (Fsp3) is 0. The minimum Gasteiger partial charge on any atom is -0.487 e. The van der Waals surface area contributed by atoms with Crippen molar-refractivity contribution >= 4 is 16.0 Å². The van der Waals surface area contributed by atoms with Gasteiger partial charge >= 0.3 is 16.0 Å². The van der Waals surface area contributed by atoms with Gasteiger partial charge in [0, 0.05) is 0 Å². The second kappa shape index (κ2) is 3.90. The highest BCUT2D eigenvalue weighted by molar-refractivity contribution is 6.22. The van der Waals surface area contributed by atoms with Crippen molar-refractivity contribution in [3.05, 3.63) is 35.9 Å². The largest absolute Gasteiger partial charge is 0.520 e. The van der Waals surface area contributed by atoms with Crippen LogP contribution in [0.15, 0.2) is 30.3 Å². The van der Waals surface area contributed by atoms with Crippen molar-refractivity contribution in [2.24, 2.45) is 0 Å². The van der Waals surface area contributed by atoms with Crippen molar-refractivity contribution in [3.8, 4) is 0 Å². The molecule has 1 N–H and O–H groups in total. The third kappa shape index (κ3) is 2.17. The van der Waals surface area contributed by atoms with Crippen LogP contribution in [-0.4, -0.2) is 20.8 Å². The molecule has 1 rings (SSSR count). The van der Waals surface area contributed by atoms with Gasteiger partial charge in [-0.25, -0.2) is 4.79 Å². The summed E-state index contributed by atoms with van der Waals surface area (Å²) in [5.74, 6) is -0.494. The quantitative estimate of drug-likeness (QED) is 0.646. The molecule has 0 amide bonds. The van der Waals surface area contributed by atoms with Crippen LogP contribution < -0.4 is 0 Å². The lowest BCUT2D eigenvalue weighted by Crippen LogP contribution is -2.07. The minimum absolute atomic E-state index is 0.453. The zero-order valence-corrected chi connectivity index (χ0v) is 6.65. The fourth-order valence-corrected chi connectivity index (χ4v) is 0.875. The molecule has 0 saturated carbocycles. The maximum atomic E-state index is 10.9. The second-order valence-corrected chi connectivity index (χ2v) is 2.23. The van der Waals surface area contributed by atoms with E-state index in [4.69, 9.17) is 4.80 Å². The molecular formula is C7H6O3Si. The highest BCUT2D eigenvalue weighted by Crippen LogP contribution is 1.99. The third-order valence-corrected chi connectivity index (χ3v) is 1.42. The maximum Gasteiger partial charge on any atom is 0.520 e. The Bertz CT molecular complexity index is 235. The molecule has 2 radical (unpaired) electrons. The van der Waals surface area contributed by atoms with Gasteiger partial charge in [0.2, 0.25) is 0 Å². The first-order valence-corrected chi connectivity index (χ1v) is 3.85. The summed E-state index contributed by atoms with van der Waals surface area (Å²) in [7, 11) is -0.786. The lowest BCUT2D eigenvalue weighted by molar-refractivity contribution is 0.0719. The van der Waals surface area contributed by atoms with Gasteiger partial charge in [0.15, 0.2) is 0 Å². The summed E-state index contributed by atoms with van der Waals surface area (Å²) in [6.07, 6.45) is 0. The van der Waals surface area contributed by atoms with E-state index in [0.717, 1.165) is 0 Å². The summed E-state index contributed by atoms with van der Waals surface area (Å²) < 4.78 is 4.37. The molecule has 0 bridgehead atoms. The van der Waals surface area contributed by atoms with Crippen LogP contribution in [0.2, 0.25) is 0 Å². The molecule has 0 spiro atoms. The number of carbonyl (C=O) groups excluding carboxylic acids is 1. The number of rotatable bonds is 2. The van der Waals surface area contributed by atoms with Gasteiger partial charge in [-0.2, -0.15) is 0 Å². The Morgan fingerprint density at radius 1 is 1.36 bits per heavy atom. The van der Waals surface area contributed by atoms with E-state index in [1.54, 1.807) is 30.3 Å². The number of carbonyl (C=O) groups is 1. The SMILES string of the molecule is O=C(O[Si]O)c1ccccc1. The first-order valence-electron chi connectivity index (χ1n) is 3.00. The summed E-state index contributed by atoms with van der Waals surface area (Å²) in [5.41, 5.74) is 0.453. The Morgan fingerprint density at radius 2 is 2.00 bits per heavy atom. The normalized spacial score (nSPS) is 9.18. The molecule has 0 saturated heterocycles. The molecule has 0 aliphatic heterocycles. The Hall–Kier alpha value is -1.13. The molecule has 1 aromatic carbocycles. The smallest absolute Gasteiger partial charge is 0.487 e. The molecule has 0 fully saturated rings. The third-order valence-electron chi connectivity index (χ3n) is 1.15. The first kappa shape index (κ1) is 7.97. The monoisotopic (exact) mass is 166 g/mol. The average Bonchev–Trinajstić information content (AvgIpc) is 2.07. The minimum atomic E-state index is -0.786. The molecule has 0 atom stereocenters. The molecule has 0 aliphatic rings. The van der Waals surface area contributed by atoms with Crippen LogP contribution in [0.25, 0.3) is 0 Å². The zero-order chi connectivity index (χ0) is 8.10. The predicted octanol–water partition coefficient (Wildman–Crippen LogP) is 0.370. The van der Waals surface area contributed by atoms with E-state index in [1.165, 1.54) is 0 Å². The van der Waals surface area contributed by atoms with Crippen LogP contribution in [0, 0.1) is 0 Å². The maximum absolute atomic E-state index is 10.9. The summed E-state index contributed by atoms with van der Waals surface area (Å²) in [4.78, 5) is 19.2. The molecule has 0 heterocycles. The molecule has 3 nitrogen and oxygen atoms in total. The molecule has 0 aliphatic carbocycles. The van der Waals surface area contributed by atoms with Gasteiger partial charge in [0.1, 0.15) is 0 Å². The Labute approximate surface area is 66.7 Å². The lowest BCUT2D eigenvalue weighted by Gasteiger charge is -1.97. The topological polar surface area (TPSA) is 46.5 Å². The van der Waals surface area contributed by atoms with Crippen molar-refractivity contribution in [1.29, 1.82) is 0 Å². The predicted molar refractivity (Wildman–Crippen MR) is 39.8 cm³/mol. The molecule has 0 aromatic heterocycles. The summed E-state index contributed by atoms with van der Waals surface area (Å²) in [5, 5.41) is 0. The molecule has 1 aromatic rings. The molecule has 11 heavy (non-hydrogen) atoms. The fourth-order valence-electron chi connectivity index (χ4n) is 0.675. The van der Waals surface area contributed by atoms with Crippen molar-refractivity contribution in [2.75, 3.05) is 0 Å². The Balaban J connectivity index is 2.69. The van der Waals surface area contributed by atoms with E-state index in [0.29, 0.717) is 5.56 Å². The van der Waals surface area contributed by atoms with Gasteiger partial charge in [0.05, 0.1) is 5.56 Å². The summed E-state index contributed by atoms with van der Waals surface area (Å²) in [6.45, 7) is 0. The van der Waals surface area contributed by atoms with E-state index < -0.39 is 16.0 Å². The lowest BCUT2D eigenvalue weighted by atomic mass is 10.2. The Morgan fingerprint density at radius 3 is 2.55 bits per heavy atom. The molecular weight excluding hydrogens is 160 g/mol. The van der Waals surface area contributed by atoms with Crippen molar-refractivity contribution < 1.29 is 14.0 Å². The number of hydrogen-bond donors (Lipinski definition) is 1. The molecule has 0 unspecified atom stereocenters. The van der Waals surface area contributed by atoms with Crippen molar-refractivity contribution in [1.82, 2.24) is 0 Å². The van der Waals surface area contributed by atoms with E-state index in [9.17, 15) is 4.79 Å². The van der Waals surface area contributed by atoms with Crippen LogP contribution in [0.4, 0.5) is 0 Å². The van der Waals surface area contributed by atoms with Gasteiger partial charge < -0.3 is 9.22 Å². The van der Waals surface area contributed by atoms with Crippen molar-refractivity contribution in [3.63, 3.8) is 0 Å². The first-order chi connectivity index (χ1) is 5.34. The molecule has 56 valence electrons. The second-order valence-electron chi connectivity index (χ2n) is 1.85. The zero-order valence-electron chi connectivity index (χ0n) is 5.65. The van der Waals surface area contributed by atoms with Gasteiger partial charge in [-0.05, 0) is 12.1 Å². The summed E-state index contributed by atoms with van der Waals surface area (Å²) in [6, 6.07) is 8.52. The summed E-state index contributed by atoms with van der Waals surface area (Å²) >= 11 is 0. The highest BCUT2D eigenvalue weighted by Gasteiger charge is 2.04. The van der Waals surface area contributed by atoms with Gasteiger partial charge in [0.25, 0.3) is 0 Å². The van der Waals surface area contributed by atoms with E-state index in [1.807, 2.05) is 0 Å². The standard InChI is InChI=1S/C7H6O3Si/c8-7(10-11-9)6-4-2-1-3-5-6/h1-5,9H. The highest BCUT2D eigenvalue weighted by atomic mass is 28.2. The number of benzene rings is 1.